The van der Waals surface area contributed by atoms with E-state index in [0.29, 0.717) is 19.0 Å². The van der Waals surface area contributed by atoms with E-state index in [2.05, 4.69) is 6.92 Å². The maximum atomic E-state index is 13.5. The van der Waals surface area contributed by atoms with Gasteiger partial charge in [-0.1, -0.05) is 25.1 Å². The molecule has 0 spiro atoms. The van der Waals surface area contributed by atoms with Crippen molar-refractivity contribution >= 4 is 10.0 Å². The van der Waals surface area contributed by atoms with Crippen LogP contribution in [0.3, 0.4) is 0 Å². The average molecular weight is 271 g/mol. The molecule has 1 aliphatic heterocycles. The minimum atomic E-state index is -3.39. The highest BCUT2D eigenvalue weighted by Gasteiger charge is 2.27. The molecule has 2 rings (SSSR count). The van der Waals surface area contributed by atoms with Crippen LogP contribution in [0.1, 0.15) is 25.3 Å². The highest BCUT2D eigenvalue weighted by Crippen LogP contribution is 2.21. The molecule has 0 saturated carbocycles. The Morgan fingerprint density at radius 3 is 2.50 bits per heavy atom. The van der Waals surface area contributed by atoms with Gasteiger partial charge in [-0.3, -0.25) is 0 Å². The zero-order valence-electron chi connectivity index (χ0n) is 10.5. The molecule has 100 valence electrons. The van der Waals surface area contributed by atoms with Gasteiger partial charge in [0.25, 0.3) is 0 Å². The molecule has 1 aliphatic rings. The standard InChI is InChI=1S/C13H18FNO2S/c1-11-6-8-15(9-7-11)18(16,17)10-12-4-2-3-5-13(12)14/h2-5,11H,6-10H2,1H3. The molecule has 0 N–H and O–H groups in total. The summed E-state index contributed by atoms with van der Waals surface area (Å²) in [6, 6.07) is 6.04. The lowest BCUT2D eigenvalue weighted by Crippen LogP contribution is -2.38. The van der Waals surface area contributed by atoms with E-state index in [1.165, 1.54) is 16.4 Å². The highest BCUT2D eigenvalue weighted by molar-refractivity contribution is 7.88. The molecule has 0 radical (unpaired) electrons. The summed E-state index contributed by atoms with van der Waals surface area (Å²) >= 11 is 0. The third kappa shape index (κ3) is 3.09. The van der Waals surface area contributed by atoms with Gasteiger partial charge in [0.05, 0.1) is 5.75 Å². The zero-order chi connectivity index (χ0) is 13.2. The van der Waals surface area contributed by atoms with Crippen LogP contribution in [0.2, 0.25) is 0 Å². The molecule has 1 fully saturated rings. The fraction of sp³-hybridized carbons (Fsp3) is 0.538. The average Bonchev–Trinajstić information content (AvgIpc) is 2.32. The van der Waals surface area contributed by atoms with E-state index in [4.69, 9.17) is 0 Å². The SMILES string of the molecule is CC1CCN(S(=O)(=O)Cc2ccccc2F)CC1. The van der Waals surface area contributed by atoms with Crippen LogP contribution in [-0.2, 0) is 15.8 Å². The summed E-state index contributed by atoms with van der Waals surface area (Å²) in [5.41, 5.74) is 0.246. The summed E-state index contributed by atoms with van der Waals surface area (Å²) in [7, 11) is -3.39. The van der Waals surface area contributed by atoms with E-state index in [9.17, 15) is 12.8 Å². The minimum absolute atomic E-state index is 0.242. The number of piperidine rings is 1. The summed E-state index contributed by atoms with van der Waals surface area (Å²) in [5, 5.41) is 0. The van der Waals surface area contributed by atoms with Crippen LogP contribution in [-0.4, -0.2) is 25.8 Å². The topological polar surface area (TPSA) is 37.4 Å². The second kappa shape index (κ2) is 5.36. The van der Waals surface area contributed by atoms with Crippen molar-refractivity contribution in [1.82, 2.24) is 4.31 Å². The summed E-state index contributed by atoms with van der Waals surface area (Å²) in [6.45, 7) is 3.23. The minimum Gasteiger partial charge on any atom is -0.212 e. The molecule has 1 heterocycles. The van der Waals surface area contributed by atoms with E-state index in [1.807, 2.05) is 0 Å². The van der Waals surface area contributed by atoms with Gasteiger partial charge in [-0.25, -0.2) is 17.1 Å². The van der Waals surface area contributed by atoms with Crippen molar-refractivity contribution in [2.24, 2.45) is 5.92 Å². The third-order valence-electron chi connectivity index (χ3n) is 3.43. The van der Waals surface area contributed by atoms with Crippen molar-refractivity contribution in [3.05, 3.63) is 35.6 Å². The Kier molecular flexibility index (Phi) is 4.02. The van der Waals surface area contributed by atoms with Gasteiger partial charge in [-0.2, -0.15) is 0 Å². The maximum Gasteiger partial charge on any atom is 0.218 e. The lowest BCUT2D eigenvalue weighted by Gasteiger charge is -2.29. The highest BCUT2D eigenvalue weighted by atomic mass is 32.2. The summed E-state index contributed by atoms with van der Waals surface area (Å²) in [6.07, 6.45) is 1.77. The quantitative estimate of drug-likeness (QED) is 0.846. The number of hydrogen-bond acceptors (Lipinski definition) is 2. The predicted molar refractivity (Wildman–Crippen MR) is 69.0 cm³/mol. The predicted octanol–water partition coefficient (Wildman–Crippen LogP) is 2.39. The molecule has 0 aromatic heterocycles. The molecule has 3 nitrogen and oxygen atoms in total. The fourth-order valence-electron chi connectivity index (χ4n) is 2.17. The Hall–Kier alpha value is -0.940. The summed E-state index contributed by atoms with van der Waals surface area (Å²) in [4.78, 5) is 0. The van der Waals surface area contributed by atoms with Crippen molar-refractivity contribution in [3.8, 4) is 0 Å². The number of nitrogens with zero attached hydrogens (tertiary/aromatic N) is 1. The number of benzene rings is 1. The largest absolute Gasteiger partial charge is 0.218 e. The zero-order valence-corrected chi connectivity index (χ0v) is 11.3. The Balaban J connectivity index is 2.10. The molecule has 1 saturated heterocycles. The first-order valence-electron chi connectivity index (χ1n) is 6.20. The number of rotatable bonds is 3. The van der Waals surface area contributed by atoms with Gasteiger partial charge in [0.2, 0.25) is 10.0 Å². The lowest BCUT2D eigenvalue weighted by atomic mass is 10.0. The second-order valence-electron chi connectivity index (χ2n) is 4.93. The Morgan fingerprint density at radius 1 is 1.28 bits per heavy atom. The smallest absolute Gasteiger partial charge is 0.212 e. The molecular formula is C13H18FNO2S. The molecule has 18 heavy (non-hydrogen) atoms. The third-order valence-corrected chi connectivity index (χ3v) is 5.26. The van der Waals surface area contributed by atoms with E-state index >= 15 is 0 Å². The summed E-state index contributed by atoms with van der Waals surface area (Å²) < 4.78 is 39.3. The molecular weight excluding hydrogens is 253 g/mol. The molecule has 0 atom stereocenters. The number of hydrogen-bond donors (Lipinski definition) is 0. The van der Waals surface area contributed by atoms with E-state index in [0.717, 1.165) is 12.8 Å². The molecule has 0 aliphatic carbocycles. The van der Waals surface area contributed by atoms with Crippen LogP contribution in [0, 0.1) is 11.7 Å². The maximum absolute atomic E-state index is 13.5. The van der Waals surface area contributed by atoms with Crippen LogP contribution >= 0.6 is 0 Å². The van der Waals surface area contributed by atoms with Crippen LogP contribution in [0.25, 0.3) is 0 Å². The first kappa shape index (κ1) is 13.5. The monoisotopic (exact) mass is 271 g/mol. The van der Waals surface area contributed by atoms with Crippen molar-refractivity contribution < 1.29 is 12.8 Å². The Bertz CT molecular complexity index is 507. The number of sulfonamides is 1. The van der Waals surface area contributed by atoms with Gasteiger partial charge in [0, 0.05) is 18.7 Å². The number of halogens is 1. The van der Waals surface area contributed by atoms with Crippen molar-refractivity contribution in [3.63, 3.8) is 0 Å². The summed E-state index contributed by atoms with van der Waals surface area (Å²) in [5.74, 6) is -0.120. The van der Waals surface area contributed by atoms with Gasteiger partial charge in [-0.05, 0) is 24.8 Å². The van der Waals surface area contributed by atoms with E-state index in [1.54, 1.807) is 12.1 Å². The van der Waals surface area contributed by atoms with Gasteiger partial charge in [0.1, 0.15) is 5.82 Å². The molecule has 1 aromatic carbocycles. The molecule has 1 aromatic rings. The Morgan fingerprint density at radius 2 is 1.89 bits per heavy atom. The van der Waals surface area contributed by atoms with Gasteiger partial charge < -0.3 is 0 Å². The molecule has 5 heteroatoms. The molecule has 0 bridgehead atoms. The van der Waals surface area contributed by atoms with Crippen LogP contribution < -0.4 is 0 Å². The second-order valence-corrected chi connectivity index (χ2v) is 6.90. The normalized spacial score (nSPS) is 19.0. The van der Waals surface area contributed by atoms with Crippen molar-refractivity contribution in [2.75, 3.05) is 13.1 Å². The fourth-order valence-corrected chi connectivity index (χ4v) is 3.74. The van der Waals surface area contributed by atoms with Crippen LogP contribution in [0.5, 0.6) is 0 Å². The van der Waals surface area contributed by atoms with Crippen molar-refractivity contribution in [1.29, 1.82) is 0 Å². The Labute approximate surface area is 108 Å². The molecule has 0 unspecified atom stereocenters. The first-order chi connectivity index (χ1) is 8.49. The van der Waals surface area contributed by atoms with Crippen LogP contribution in [0.4, 0.5) is 4.39 Å². The van der Waals surface area contributed by atoms with E-state index < -0.39 is 15.8 Å². The first-order valence-corrected chi connectivity index (χ1v) is 7.81. The van der Waals surface area contributed by atoms with E-state index in [-0.39, 0.29) is 11.3 Å². The van der Waals surface area contributed by atoms with Crippen molar-refractivity contribution in [2.45, 2.75) is 25.5 Å². The van der Waals surface area contributed by atoms with Gasteiger partial charge >= 0.3 is 0 Å². The lowest BCUT2D eigenvalue weighted by molar-refractivity contribution is 0.287. The van der Waals surface area contributed by atoms with Gasteiger partial charge in [-0.15, -0.1) is 0 Å². The van der Waals surface area contributed by atoms with Crippen LogP contribution in [0.15, 0.2) is 24.3 Å². The molecule has 0 amide bonds. The van der Waals surface area contributed by atoms with Gasteiger partial charge in [0.15, 0.2) is 0 Å².